The second-order valence-corrected chi connectivity index (χ2v) is 6.00. The second kappa shape index (κ2) is 4.11. The van der Waals surface area contributed by atoms with Crippen molar-refractivity contribution in [2.45, 2.75) is 58.2 Å². The lowest BCUT2D eigenvalue weighted by Crippen LogP contribution is -2.68. The van der Waals surface area contributed by atoms with Crippen LogP contribution in [0.1, 0.15) is 41.0 Å². The Balaban J connectivity index is 2.93. The highest BCUT2D eigenvalue weighted by molar-refractivity contribution is 5.01. The Labute approximate surface area is 93.5 Å². The van der Waals surface area contributed by atoms with Crippen LogP contribution in [0.5, 0.6) is 0 Å². The SMILES string of the molecule is CC(C)(C)N1C(CC#N)CNCC1(C)C. The molecule has 1 aliphatic rings. The molecule has 3 heteroatoms. The van der Waals surface area contributed by atoms with Gasteiger partial charge in [-0.3, -0.25) is 4.90 Å². The van der Waals surface area contributed by atoms with Crippen molar-refractivity contribution in [3.05, 3.63) is 0 Å². The number of piperazine rings is 1. The van der Waals surface area contributed by atoms with Gasteiger partial charge in [0.2, 0.25) is 0 Å². The van der Waals surface area contributed by atoms with Gasteiger partial charge in [0, 0.05) is 30.2 Å². The third-order valence-corrected chi connectivity index (χ3v) is 3.00. The monoisotopic (exact) mass is 209 g/mol. The number of hydrogen-bond donors (Lipinski definition) is 1. The van der Waals surface area contributed by atoms with Gasteiger partial charge in [-0.1, -0.05) is 0 Å². The molecule has 0 amide bonds. The van der Waals surface area contributed by atoms with E-state index in [0.717, 1.165) is 13.1 Å². The molecule has 15 heavy (non-hydrogen) atoms. The predicted octanol–water partition coefficient (Wildman–Crippen LogP) is 1.75. The fraction of sp³-hybridized carbons (Fsp3) is 0.917. The summed E-state index contributed by atoms with van der Waals surface area (Å²) in [5.74, 6) is 0. The standard InChI is InChI=1S/C12H23N3/c1-11(2,3)15-10(6-7-13)8-14-9-12(15,4)5/h10,14H,6,8-9H2,1-5H3. The Morgan fingerprint density at radius 2 is 2.07 bits per heavy atom. The quantitative estimate of drug-likeness (QED) is 0.715. The first-order valence-electron chi connectivity index (χ1n) is 5.66. The Bertz CT molecular complexity index is 257. The summed E-state index contributed by atoms with van der Waals surface area (Å²) in [5.41, 5.74) is 0.241. The average molecular weight is 209 g/mol. The normalized spacial score (nSPS) is 27.3. The van der Waals surface area contributed by atoms with Crippen LogP contribution in [-0.4, -0.2) is 35.1 Å². The first-order chi connectivity index (χ1) is 6.79. The first kappa shape index (κ1) is 12.5. The molecule has 0 saturated carbocycles. The summed E-state index contributed by atoms with van der Waals surface area (Å²) in [6, 6.07) is 2.63. The molecule has 1 rings (SSSR count). The zero-order valence-corrected chi connectivity index (χ0v) is 10.6. The molecular weight excluding hydrogens is 186 g/mol. The molecule has 0 aromatic carbocycles. The van der Waals surface area contributed by atoms with Gasteiger partial charge < -0.3 is 5.32 Å². The molecule has 3 nitrogen and oxygen atoms in total. The largest absolute Gasteiger partial charge is 0.313 e. The van der Waals surface area contributed by atoms with Crippen LogP contribution in [0.15, 0.2) is 0 Å². The maximum Gasteiger partial charge on any atom is 0.0638 e. The van der Waals surface area contributed by atoms with Crippen LogP contribution < -0.4 is 5.32 Å². The van der Waals surface area contributed by atoms with Gasteiger partial charge in [0.15, 0.2) is 0 Å². The number of nitrogens with zero attached hydrogens (tertiary/aromatic N) is 2. The van der Waals surface area contributed by atoms with Gasteiger partial charge in [0.1, 0.15) is 0 Å². The van der Waals surface area contributed by atoms with E-state index in [1.54, 1.807) is 0 Å². The Morgan fingerprint density at radius 3 is 2.53 bits per heavy atom. The molecule has 0 aliphatic carbocycles. The molecule has 1 unspecified atom stereocenters. The van der Waals surface area contributed by atoms with Gasteiger partial charge >= 0.3 is 0 Å². The van der Waals surface area contributed by atoms with Crippen molar-refractivity contribution in [3.63, 3.8) is 0 Å². The third-order valence-electron chi connectivity index (χ3n) is 3.00. The lowest BCUT2D eigenvalue weighted by Gasteiger charge is -2.54. The highest BCUT2D eigenvalue weighted by Crippen LogP contribution is 2.30. The van der Waals surface area contributed by atoms with Crippen LogP contribution >= 0.6 is 0 Å². The van der Waals surface area contributed by atoms with E-state index in [9.17, 15) is 0 Å². The van der Waals surface area contributed by atoms with Crippen LogP contribution in [0.3, 0.4) is 0 Å². The minimum absolute atomic E-state index is 0.118. The topological polar surface area (TPSA) is 39.1 Å². The number of rotatable bonds is 1. The zero-order valence-electron chi connectivity index (χ0n) is 10.6. The molecule has 0 aromatic rings. The zero-order chi connectivity index (χ0) is 11.7. The molecule has 1 N–H and O–H groups in total. The summed E-state index contributed by atoms with van der Waals surface area (Å²) in [6.45, 7) is 13.1. The van der Waals surface area contributed by atoms with Crippen LogP contribution in [0.25, 0.3) is 0 Å². The molecule has 1 aliphatic heterocycles. The van der Waals surface area contributed by atoms with Crippen LogP contribution in [0, 0.1) is 11.3 Å². The lowest BCUT2D eigenvalue weighted by molar-refractivity contribution is -0.0348. The van der Waals surface area contributed by atoms with Gasteiger partial charge in [0.05, 0.1) is 12.5 Å². The van der Waals surface area contributed by atoms with E-state index in [4.69, 9.17) is 5.26 Å². The molecule has 0 spiro atoms. The molecular formula is C12H23N3. The molecule has 0 aromatic heterocycles. The number of nitriles is 1. The van der Waals surface area contributed by atoms with Crippen molar-refractivity contribution in [3.8, 4) is 6.07 Å². The maximum atomic E-state index is 8.87. The van der Waals surface area contributed by atoms with Crippen LogP contribution in [-0.2, 0) is 0 Å². The van der Waals surface area contributed by atoms with Crippen molar-refractivity contribution in [2.24, 2.45) is 0 Å². The number of hydrogen-bond acceptors (Lipinski definition) is 3. The van der Waals surface area contributed by atoms with Crippen LogP contribution in [0.4, 0.5) is 0 Å². The van der Waals surface area contributed by atoms with E-state index >= 15 is 0 Å². The Hall–Kier alpha value is -0.590. The first-order valence-corrected chi connectivity index (χ1v) is 5.66. The molecule has 1 heterocycles. The molecule has 86 valence electrons. The fourth-order valence-corrected chi connectivity index (χ4v) is 2.94. The van der Waals surface area contributed by atoms with Gasteiger partial charge in [0.25, 0.3) is 0 Å². The average Bonchev–Trinajstić information content (AvgIpc) is 1.99. The summed E-state index contributed by atoms with van der Waals surface area (Å²) < 4.78 is 0. The van der Waals surface area contributed by atoms with Gasteiger partial charge in [-0.2, -0.15) is 5.26 Å². The third kappa shape index (κ3) is 2.70. The maximum absolute atomic E-state index is 8.87. The van der Waals surface area contributed by atoms with E-state index in [1.165, 1.54) is 0 Å². The molecule has 1 saturated heterocycles. The molecule has 0 bridgehead atoms. The second-order valence-electron chi connectivity index (χ2n) is 6.00. The van der Waals surface area contributed by atoms with Gasteiger partial charge in [-0.05, 0) is 34.6 Å². The van der Waals surface area contributed by atoms with E-state index in [2.05, 4.69) is 50.9 Å². The Morgan fingerprint density at radius 1 is 1.47 bits per heavy atom. The molecule has 1 atom stereocenters. The summed E-state index contributed by atoms with van der Waals surface area (Å²) >= 11 is 0. The highest BCUT2D eigenvalue weighted by atomic mass is 15.3. The van der Waals surface area contributed by atoms with Crippen molar-refractivity contribution >= 4 is 0 Å². The highest BCUT2D eigenvalue weighted by Gasteiger charge is 2.42. The Kier molecular flexibility index (Phi) is 3.42. The minimum Gasteiger partial charge on any atom is -0.313 e. The van der Waals surface area contributed by atoms with E-state index in [-0.39, 0.29) is 11.1 Å². The molecule has 0 radical (unpaired) electrons. The number of nitrogens with one attached hydrogen (secondary N) is 1. The van der Waals surface area contributed by atoms with Crippen molar-refractivity contribution < 1.29 is 0 Å². The van der Waals surface area contributed by atoms with Crippen molar-refractivity contribution in [2.75, 3.05) is 13.1 Å². The van der Waals surface area contributed by atoms with E-state index in [1.807, 2.05) is 0 Å². The van der Waals surface area contributed by atoms with E-state index < -0.39 is 0 Å². The van der Waals surface area contributed by atoms with Crippen molar-refractivity contribution in [1.29, 1.82) is 5.26 Å². The summed E-state index contributed by atoms with van der Waals surface area (Å²) in [6.07, 6.45) is 0.605. The summed E-state index contributed by atoms with van der Waals surface area (Å²) in [7, 11) is 0. The summed E-state index contributed by atoms with van der Waals surface area (Å²) in [4.78, 5) is 2.49. The van der Waals surface area contributed by atoms with Crippen molar-refractivity contribution in [1.82, 2.24) is 10.2 Å². The fourth-order valence-electron chi connectivity index (χ4n) is 2.94. The molecule has 1 fully saturated rings. The van der Waals surface area contributed by atoms with Gasteiger partial charge in [-0.25, -0.2) is 0 Å². The minimum atomic E-state index is 0.118. The smallest absolute Gasteiger partial charge is 0.0638 e. The predicted molar refractivity (Wildman–Crippen MR) is 62.6 cm³/mol. The van der Waals surface area contributed by atoms with E-state index in [0.29, 0.717) is 12.5 Å². The lowest BCUT2D eigenvalue weighted by atomic mass is 9.88. The van der Waals surface area contributed by atoms with Crippen LogP contribution in [0.2, 0.25) is 0 Å². The van der Waals surface area contributed by atoms with Gasteiger partial charge in [-0.15, -0.1) is 0 Å². The summed E-state index contributed by atoms with van der Waals surface area (Å²) in [5, 5.41) is 12.3.